The lowest BCUT2D eigenvalue weighted by atomic mass is 9.97. The molecule has 1 fully saturated rings. The zero-order chi connectivity index (χ0) is 16.3. The van der Waals surface area contributed by atoms with Crippen LogP contribution in [0.1, 0.15) is 40.0 Å². The number of esters is 1. The predicted octanol–water partition coefficient (Wildman–Crippen LogP) is 1.44. The summed E-state index contributed by atoms with van der Waals surface area (Å²) < 4.78 is 10.1. The number of methoxy groups -OCH3 is 1. The quantitative estimate of drug-likeness (QED) is 0.779. The maximum atomic E-state index is 11.2. The molecule has 2 heterocycles. The summed E-state index contributed by atoms with van der Waals surface area (Å²) in [5.74, 6) is 1.15. The fourth-order valence-electron chi connectivity index (χ4n) is 2.52. The Labute approximate surface area is 131 Å². The molecule has 0 bridgehead atoms. The van der Waals surface area contributed by atoms with Gasteiger partial charge in [0, 0.05) is 37.6 Å². The van der Waals surface area contributed by atoms with Gasteiger partial charge >= 0.3 is 5.97 Å². The SMILES string of the molecule is COC(=O)CCN1CCN(c2noc(C(C)(C)C)n2)C(C)C1. The minimum Gasteiger partial charge on any atom is -0.469 e. The van der Waals surface area contributed by atoms with Crippen molar-refractivity contribution < 1.29 is 14.1 Å². The molecule has 7 heteroatoms. The van der Waals surface area contributed by atoms with Crippen LogP contribution >= 0.6 is 0 Å². The summed E-state index contributed by atoms with van der Waals surface area (Å²) >= 11 is 0. The molecule has 0 N–H and O–H groups in total. The first-order chi connectivity index (χ1) is 10.3. The summed E-state index contributed by atoms with van der Waals surface area (Å²) in [4.78, 5) is 20.2. The van der Waals surface area contributed by atoms with Crippen LogP contribution in [0.5, 0.6) is 0 Å². The Morgan fingerprint density at radius 1 is 1.41 bits per heavy atom. The molecule has 1 unspecified atom stereocenters. The zero-order valence-electron chi connectivity index (χ0n) is 14.1. The minimum absolute atomic E-state index is 0.142. The maximum Gasteiger partial charge on any atom is 0.306 e. The highest BCUT2D eigenvalue weighted by atomic mass is 16.5. The van der Waals surface area contributed by atoms with Crippen molar-refractivity contribution in [2.75, 3.05) is 38.2 Å². The van der Waals surface area contributed by atoms with Gasteiger partial charge in [0.15, 0.2) is 0 Å². The Hall–Kier alpha value is -1.63. The van der Waals surface area contributed by atoms with Gasteiger partial charge in [-0.05, 0) is 12.1 Å². The summed E-state index contributed by atoms with van der Waals surface area (Å²) in [5.41, 5.74) is -0.142. The fraction of sp³-hybridized carbons (Fsp3) is 0.800. The molecule has 1 aromatic heterocycles. The monoisotopic (exact) mass is 310 g/mol. The van der Waals surface area contributed by atoms with Crippen LogP contribution < -0.4 is 4.90 Å². The molecule has 2 rings (SSSR count). The first-order valence-corrected chi connectivity index (χ1v) is 7.71. The first-order valence-electron chi connectivity index (χ1n) is 7.71. The van der Waals surface area contributed by atoms with E-state index in [-0.39, 0.29) is 17.4 Å². The lowest BCUT2D eigenvalue weighted by Crippen LogP contribution is -2.52. The van der Waals surface area contributed by atoms with E-state index in [0.29, 0.717) is 18.3 Å². The van der Waals surface area contributed by atoms with Gasteiger partial charge in [-0.2, -0.15) is 4.98 Å². The number of carbonyl (C=O) groups excluding carboxylic acids is 1. The van der Waals surface area contributed by atoms with E-state index in [4.69, 9.17) is 4.52 Å². The summed E-state index contributed by atoms with van der Waals surface area (Å²) in [5, 5.41) is 4.12. The van der Waals surface area contributed by atoms with E-state index in [1.54, 1.807) is 0 Å². The number of anilines is 1. The van der Waals surface area contributed by atoms with Crippen LogP contribution in [0, 0.1) is 0 Å². The normalized spacial score (nSPS) is 20.2. The van der Waals surface area contributed by atoms with Crippen molar-refractivity contribution >= 4 is 11.9 Å². The van der Waals surface area contributed by atoms with Gasteiger partial charge < -0.3 is 14.2 Å². The van der Waals surface area contributed by atoms with Gasteiger partial charge in [0.2, 0.25) is 5.89 Å². The lowest BCUT2D eigenvalue weighted by Gasteiger charge is -2.38. The number of carbonyl (C=O) groups is 1. The molecule has 0 amide bonds. The van der Waals surface area contributed by atoms with E-state index < -0.39 is 0 Å². The van der Waals surface area contributed by atoms with Gasteiger partial charge in [0.1, 0.15) is 0 Å². The van der Waals surface area contributed by atoms with Gasteiger partial charge in [-0.3, -0.25) is 9.69 Å². The van der Waals surface area contributed by atoms with Crippen molar-refractivity contribution in [1.82, 2.24) is 15.0 Å². The standard InChI is InChI=1S/C15H26N4O3/c1-11-10-18(7-6-12(20)21-5)8-9-19(11)14-16-13(22-17-14)15(2,3)4/h11H,6-10H2,1-5H3. The topological polar surface area (TPSA) is 71.7 Å². The molecular formula is C15H26N4O3. The van der Waals surface area contributed by atoms with Crippen LogP contribution in [0.4, 0.5) is 5.95 Å². The number of piperazine rings is 1. The van der Waals surface area contributed by atoms with Gasteiger partial charge in [-0.1, -0.05) is 20.8 Å². The van der Waals surface area contributed by atoms with Crippen LogP contribution in [0.25, 0.3) is 0 Å². The van der Waals surface area contributed by atoms with E-state index in [1.165, 1.54) is 7.11 Å². The second kappa shape index (κ2) is 6.64. The predicted molar refractivity (Wildman–Crippen MR) is 82.9 cm³/mol. The van der Waals surface area contributed by atoms with Gasteiger partial charge in [-0.15, -0.1) is 0 Å². The molecule has 0 radical (unpaired) electrons. The van der Waals surface area contributed by atoms with Crippen LogP contribution in [0.2, 0.25) is 0 Å². The highest BCUT2D eigenvalue weighted by Gasteiger charge is 2.29. The number of ether oxygens (including phenoxy) is 1. The molecule has 0 saturated carbocycles. The highest BCUT2D eigenvalue weighted by molar-refractivity contribution is 5.69. The summed E-state index contributed by atoms with van der Waals surface area (Å²) in [6.45, 7) is 11.6. The zero-order valence-corrected chi connectivity index (χ0v) is 14.1. The summed E-state index contributed by atoms with van der Waals surface area (Å²) in [7, 11) is 1.42. The number of hydrogen-bond donors (Lipinski definition) is 0. The van der Waals surface area contributed by atoms with E-state index in [9.17, 15) is 4.79 Å². The second-order valence-electron chi connectivity index (χ2n) is 6.82. The Kier molecular flexibility index (Phi) is 5.05. The fourth-order valence-corrected chi connectivity index (χ4v) is 2.52. The first kappa shape index (κ1) is 16.7. The largest absolute Gasteiger partial charge is 0.469 e. The third kappa shape index (κ3) is 3.97. The molecular weight excluding hydrogens is 284 g/mol. The van der Waals surface area contributed by atoms with Crippen LogP contribution in [0.3, 0.4) is 0 Å². The molecule has 22 heavy (non-hydrogen) atoms. The molecule has 1 atom stereocenters. The molecule has 0 spiro atoms. The molecule has 124 valence electrons. The lowest BCUT2D eigenvalue weighted by molar-refractivity contribution is -0.141. The minimum atomic E-state index is -0.164. The highest BCUT2D eigenvalue weighted by Crippen LogP contribution is 2.24. The number of aromatic nitrogens is 2. The van der Waals surface area contributed by atoms with Gasteiger partial charge in [0.05, 0.1) is 13.5 Å². The van der Waals surface area contributed by atoms with Crippen molar-refractivity contribution in [2.45, 2.75) is 45.6 Å². The van der Waals surface area contributed by atoms with E-state index >= 15 is 0 Å². The third-order valence-electron chi connectivity index (χ3n) is 3.89. The van der Waals surface area contributed by atoms with Crippen molar-refractivity contribution in [2.24, 2.45) is 0 Å². The second-order valence-corrected chi connectivity index (χ2v) is 6.82. The smallest absolute Gasteiger partial charge is 0.306 e. The molecule has 1 aliphatic rings. The van der Waals surface area contributed by atoms with Crippen molar-refractivity contribution in [3.8, 4) is 0 Å². The Bertz CT molecular complexity index is 509. The Morgan fingerprint density at radius 3 is 2.68 bits per heavy atom. The molecule has 0 aliphatic carbocycles. The van der Waals surface area contributed by atoms with E-state index in [1.807, 2.05) is 0 Å². The molecule has 1 aromatic rings. The third-order valence-corrected chi connectivity index (χ3v) is 3.89. The maximum absolute atomic E-state index is 11.2. The number of nitrogens with zero attached hydrogens (tertiary/aromatic N) is 4. The molecule has 1 saturated heterocycles. The number of rotatable bonds is 4. The average molecular weight is 310 g/mol. The van der Waals surface area contributed by atoms with Gasteiger partial charge in [0.25, 0.3) is 5.95 Å². The summed E-state index contributed by atoms with van der Waals surface area (Å²) in [6, 6.07) is 0.275. The Balaban J connectivity index is 1.93. The van der Waals surface area contributed by atoms with Gasteiger partial charge in [-0.25, -0.2) is 0 Å². The van der Waals surface area contributed by atoms with E-state index in [2.05, 4.69) is 52.4 Å². The van der Waals surface area contributed by atoms with E-state index in [0.717, 1.165) is 26.2 Å². The van der Waals surface area contributed by atoms with Crippen LogP contribution in [-0.4, -0.2) is 60.3 Å². The average Bonchev–Trinajstić information content (AvgIpc) is 2.94. The number of hydrogen-bond acceptors (Lipinski definition) is 7. The van der Waals surface area contributed by atoms with Crippen molar-refractivity contribution in [1.29, 1.82) is 0 Å². The molecule has 1 aliphatic heterocycles. The van der Waals surface area contributed by atoms with Crippen molar-refractivity contribution in [3.63, 3.8) is 0 Å². The van der Waals surface area contributed by atoms with Crippen LogP contribution in [0.15, 0.2) is 4.52 Å². The Morgan fingerprint density at radius 2 is 2.14 bits per heavy atom. The van der Waals surface area contributed by atoms with Crippen molar-refractivity contribution in [3.05, 3.63) is 5.89 Å². The summed E-state index contributed by atoms with van der Waals surface area (Å²) in [6.07, 6.45) is 0.430. The van der Waals surface area contributed by atoms with Crippen LogP contribution in [-0.2, 0) is 14.9 Å². The molecule has 0 aromatic carbocycles. The molecule has 7 nitrogen and oxygen atoms in total.